The van der Waals surface area contributed by atoms with E-state index in [1.807, 2.05) is 17.0 Å². The van der Waals surface area contributed by atoms with Crippen LogP contribution in [0.3, 0.4) is 0 Å². The van der Waals surface area contributed by atoms with Gasteiger partial charge >= 0.3 is 0 Å². The maximum Gasteiger partial charge on any atom is 0.291 e. The maximum atomic E-state index is 13.3. The van der Waals surface area contributed by atoms with E-state index in [4.69, 9.17) is 9.15 Å². The fourth-order valence-electron chi connectivity index (χ4n) is 5.16. The zero-order valence-electron chi connectivity index (χ0n) is 18.1. The van der Waals surface area contributed by atoms with Crippen LogP contribution in [0.4, 0.5) is 4.39 Å². The van der Waals surface area contributed by atoms with Crippen LogP contribution >= 0.6 is 0 Å². The molecule has 1 aromatic heterocycles. The topological polar surface area (TPSA) is 58.8 Å². The number of nitrogens with zero attached hydrogens (tertiary/aromatic N) is 3. The van der Waals surface area contributed by atoms with Crippen LogP contribution in [0.25, 0.3) is 0 Å². The Kier molecular flexibility index (Phi) is 5.56. The summed E-state index contributed by atoms with van der Waals surface area (Å²) in [6.07, 6.45) is 7.52. The minimum atomic E-state index is -0.187. The first-order valence-corrected chi connectivity index (χ1v) is 11.4. The van der Waals surface area contributed by atoms with Crippen LogP contribution in [0.1, 0.15) is 60.3 Å². The lowest BCUT2D eigenvalue weighted by Crippen LogP contribution is -2.54. The van der Waals surface area contributed by atoms with Crippen molar-refractivity contribution in [2.24, 2.45) is 0 Å². The van der Waals surface area contributed by atoms with Gasteiger partial charge in [0.1, 0.15) is 5.82 Å². The third-order valence-corrected chi connectivity index (χ3v) is 7.13. The number of carbonyl (C=O) groups excluding carboxylic acids is 1. The molecule has 3 aliphatic rings. The quantitative estimate of drug-likeness (QED) is 0.723. The van der Waals surface area contributed by atoms with Crippen LogP contribution in [0.5, 0.6) is 0 Å². The SMILES string of the molecule is Cc1ncoc1C(=O)N1CCC2(CC1)CC(N(Cc1ccc(F)cc1)C1CC1)CCO2. The number of benzene rings is 1. The second kappa shape index (κ2) is 8.36. The zero-order chi connectivity index (χ0) is 21.4. The number of oxazole rings is 1. The van der Waals surface area contributed by atoms with E-state index in [2.05, 4.69) is 9.88 Å². The largest absolute Gasteiger partial charge is 0.438 e. The van der Waals surface area contributed by atoms with E-state index in [0.717, 1.165) is 44.4 Å². The van der Waals surface area contributed by atoms with Gasteiger partial charge in [-0.3, -0.25) is 9.69 Å². The lowest BCUT2D eigenvalue weighted by molar-refractivity contribution is -0.131. The highest BCUT2D eigenvalue weighted by Gasteiger charge is 2.45. The van der Waals surface area contributed by atoms with Crippen LogP contribution in [0.15, 0.2) is 35.1 Å². The summed E-state index contributed by atoms with van der Waals surface area (Å²) in [7, 11) is 0. The highest BCUT2D eigenvalue weighted by molar-refractivity contribution is 5.92. The third kappa shape index (κ3) is 4.39. The lowest BCUT2D eigenvalue weighted by Gasteiger charge is -2.48. The van der Waals surface area contributed by atoms with Crippen LogP contribution in [0, 0.1) is 12.7 Å². The molecule has 0 bridgehead atoms. The van der Waals surface area contributed by atoms with Gasteiger partial charge in [0.2, 0.25) is 5.76 Å². The molecule has 1 unspecified atom stereocenters. The number of aryl methyl sites for hydroxylation is 1. The number of hydrogen-bond acceptors (Lipinski definition) is 5. The summed E-state index contributed by atoms with van der Waals surface area (Å²) in [6.45, 7) is 4.76. The molecule has 1 saturated carbocycles. The summed E-state index contributed by atoms with van der Waals surface area (Å²) in [5.41, 5.74) is 1.64. The number of aromatic nitrogens is 1. The molecule has 1 aliphatic carbocycles. The molecule has 6 nitrogen and oxygen atoms in total. The first-order chi connectivity index (χ1) is 15.0. The molecule has 1 spiro atoms. The molecule has 3 heterocycles. The minimum absolute atomic E-state index is 0.0758. The average Bonchev–Trinajstić information content (AvgIpc) is 3.53. The average molecular weight is 428 g/mol. The van der Waals surface area contributed by atoms with Crippen LogP contribution in [0.2, 0.25) is 0 Å². The van der Waals surface area contributed by atoms with E-state index in [-0.39, 0.29) is 17.3 Å². The molecule has 3 fully saturated rings. The van der Waals surface area contributed by atoms with Crippen molar-refractivity contribution in [2.75, 3.05) is 19.7 Å². The number of ether oxygens (including phenoxy) is 1. The molecule has 1 amide bonds. The molecule has 2 aromatic rings. The second-order valence-corrected chi connectivity index (χ2v) is 9.27. The molecule has 0 radical (unpaired) electrons. The number of piperidine rings is 1. The number of amides is 1. The molecule has 7 heteroatoms. The maximum absolute atomic E-state index is 13.3. The van der Waals surface area contributed by atoms with Gasteiger partial charge in [0, 0.05) is 38.3 Å². The Hall–Kier alpha value is -2.25. The Morgan fingerprint density at radius 1 is 1.19 bits per heavy atom. The van der Waals surface area contributed by atoms with E-state index >= 15 is 0 Å². The molecule has 2 saturated heterocycles. The van der Waals surface area contributed by atoms with Crippen molar-refractivity contribution >= 4 is 5.91 Å². The summed E-state index contributed by atoms with van der Waals surface area (Å²) in [6, 6.07) is 7.99. The summed E-state index contributed by atoms with van der Waals surface area (Å²) in [5.74, 6) is 0.0827. The van der Waals surface area contributed by atoms with Gasteiger partial charge < -0.3 is 14.1 Å². The van der Waals surface area contributed by atoms with Crippen molar-refractivity contribution in [1.29, 1.82) is 0 Å². The van der Waals surface area contributed by atoms with E-state index in [1.54, 1.807) is 19.1 Å². The molecule has 0 N–H and O–H groups in total. The van der Waals surface area contributed by atoms with Crippen LogP contribution in [-0.2, 0) is 11.3 Å². The Morgan fingerprint density at radius 3 is 2.58 bits per heavy atom. The number of carbonyl (C=O) groups is 1. The van der Waals surface area contributed by atoms with Crippen molar-refractivity contribution in [2.45, 2.75) is 69.7 Å². The Morgan fingerprint density at radius 2 is 1.94 bits per heavy atom. The van der Waals surface area contributed by atoms with Crippen LogP contribution < -0.4 is 0 Å². The number of hydrogen-bond donors (Lipinski definition) is 0. The van der Waals surface area contributed by atoms with Crippen molar-refractivity contribution in [3.05, 3.63) is 53.5 Å². The van der Waals surface area contributed by atoms with E-state index < -0.39 is 0 Å². The molecule has 5 rings (SSSR count). The molecule has 31 heavy (non-hydrogen) atoms. The first kappa shape index (κ1) is 20.6. The number of halogens is 1. The highest BCUT2D eigenvalue weighted by Crippen LogP contribution is 2.40. The number of rotatable bonds is 5. The predicted molar refractivity (Wildman–Crippen MR) is 113 cm³/mol. The van der Waals surface area contributed by atoms with Crippen LogP contribution in [-0.4, -0.2) is 58.1 Å². The highest BCUT2D eigenvalue weighted by atomic mass is 19.1. The van der Waals surface area contributed by atoms with Gasteiger partial charge in [0.15, 0.2) is 6.39 Å². The van der Waals surface area contributed by atoms with Gasteiger partial charge in [-0.2, -0.15) is 0 Å². The Labute approximate surface area is 182 Å². The van der Waals surface area contributed by atoms with Gasteiger partial charge in [0.25, 0.3) is 5.91 Å². The molecule has 1 aromatic carbocycles. The van der Waals surface area contributed by atoms with E-state index in [0.29, 0.717) is 36.6 Å². The summed E-state index contributed by atoms with van der Waals surface area (Å²) < 4.78 is 25.0. The lowest BCUT2D eigenvalue weighted by atomic mass is 9.81. The molecular weight excluding hydrogens is 397 g/mol. The van der Waals surface area contributed by atoms with Gasteiger partial charge in [-0.25, -0.2) is 9.37 Å². The van der Waals surface area contributed by atoms with Gasteiger partial charge in [-0.1, -0.05) is 12.1 Å². The van der Waals surface area contributed by atoms with Crippen molar-refractivity contribution in [1.82, 2.24) is 14.8 Å². The standard InChI is InChI=1S/C24H30FN3O3/c1-17-22(30-16-26-17)23(29)27-11-9-24(10-12-27)14-21(8-13-31-24)28(20-6-7-20)15-18-2-4-19(25)5-3-18/h2-5,16,20-21H,6-15H2,1H3. The first-order valence-electron chi connectivity index (χ1n) is 11.4. The predicted octanol–water partition coefficient (Wildman–Crippen LogP) is 3.94. The van der Waals surface area contributed by atoms with Gasteiger partial charge in [-0.05, 0) is 63.1 Å². The Bertz CT molecular complexity index is 916. The van der Waals surface area contributed by atoms with E-state index in [9.17, 15) is 9.18 Å². The van der Waals surface area contributed by atoms with Gasteiger partial charge in [0.05, 0.1) is 11.3 Å². The second-order valence-electron chi connectivity index (χ2n) is 9.27. The summed E-state index contributed by atoms with van der Waals surface area (Å²) >= 11 is 0. The summed E-state index contributed by atoms with van der Waals surface area (Å²) in [4.78, 5) is 21.3. The van der Waals surface area contributed by atoms with Gasteiger partial charge in [-0.15, -0.1) is 0 Å². The zero-order valence-corrected chi connectivity index (χ0v) is 18.1. The normalized spacial score (nSPS) is 23.5. The molecule has 166 valence electrons. The smallest absolute Gasteiger partial charge is 0.291 e. The van der Waals surface area contributed by atoms with Crippen molar-refractivity contribution in [3.8, 4) is 0 Å². The van der Waals surface area contributed by atoms with Crippen molar-refractivity contribution < 1.29 is 18.3 Å². The monoisotopic (exact) mass is 427 g/mol. The number of likely N-dealkylation sites (tertiary alicyclic amines) is 1. The molecule has 2 aliphatic heterocycles. The fourth-order valence-corrected chi connectivity index (χ4v) is 5.16. The fraction of sp³-hybridized carbons (Fsp3) is 0.583. The van der Waals surface area contributed by atoms with Crippen molar-refractivity contribution in [3.63, 3.8) is 0 Å². The minimum Gasteiger partial charge on any atom is -0.438 e. The Balaban J connectivity index is 1.24. The molecule has 1 atom stereocenters. The molecular formula is C24H30FN3O3. The van der Waals surface area contributed by atoms with E-state index in [1.165, 1.54) is 19.2 Å². The third-order valence-electron chi connectivity index (χ3n) is 7.13. The summed E-state index contributed by atoms with van der Waals surface area (Å²) in [5, 5.41) is 0.